The Hall–Kier alpha value is -2.36. The van der Waals surface area contributed by atoms with Gasteiger partial charge in [-0.15, -0.1) is 0 Å². The van der Waals surface area contributed by atoms with Gasteiger partial charge in [-0.3, -0.25) is 5.41 Å². The van der Waals surface area contributed by atoms with Crippen LogP contribution >= 0.6 is 0 Å². The maximum absolute atomic E-state index is 7.24. The van der Waals surface area contributed by atoms with Crippen LogP contribution in [0.25, 0.3) is 0 Å². The zero-order valence-electron chi connectivity index (χ0n) is 10.7. The maximum Gasteiger partial charge on any atom is 0.141 e. The number of pyridine rings is 1. The highest BCUT2D eigenvalue weighted by molar-refractivity contribution is 5.92. The second-order valence-electron chi connectivity index (χ2n) is 4.23. The van der Waals surface area contributed by atoms with E-state index in [1.54, 1.807) is 18.3 Å². The molecule has 0 radical (unpaired) electrons. The predicted molar refractivity (Wildman–Crippen MR) is 75.5 cm³/mol. The molecule has 0 fully saturated rings. The number of benzene rings is 1. The molecule has 1 aromatic carbocycles. The van der Waals surface area contributed by atoms with E-state index >= 15 is 0 Å². The molecule has 0 aliphatic carbocycles. The first kappa shape index (κ1) is 13.1. The second-order valence-corrected chi connectivity index (χ2v) is 4.23. The van der Waals surface area contributed by atoms with Gasteiger partial charge in [-0.1, -0.05) is 30.3 Å². The van der Waals surface area contributed by atoms with Crippen LogP contribution in [-0.2, 0) is 6.42 Å². The number of nitrogens with one attached hydrogen (secondary N) is 1. The molecule has 0 saturated heterocycles. The van der Waals surface area contributed by atoms with Gasteiger partial charge in [0.2, 0.25) is 0 Å². The molecular formula is C15H17N3O. The Bertz CT molecular complexity index is 523. The highest BCUT2D eigenvalue weighted by Gasteiger charge is 1.99. The number of hydrogen-bond donors (Lipinski definition) is 2. The van der Waals surface area contributed by atoms with Crippen molar-refractivity contribution in [2.24, 2.45) is 5.73 Å². The van der Waals surface area contributed by atoms with E-state index in [-0.39, 0.29) is 5.84 Å². The van der Waals surface area contributed by atoms with E-state index in [9.17, 15) is 0 Å². The summed E-state index contributed by atoms with van der Waals surface area (Å²) < 4.78 is 5.59. The van der Waals surface area contributed by atoms with Crippen LogP contribution in [-0.4, -0.2) is 17.4 Å². The molecule has 1 aromatic heterocycles. The smallest absolute Gasteiger partial charge is 0.141 e. The lowest BCUT2D eigenvalue weighted by molar-refractivity contribution is 0.310. The number of amidine groups is 1. The van der Waals surface area contributed by atoms with E-state index < -0.39 is 0 Å². The molecule has 2 aromatic rings. The van der Waals surface area contributed by atoms with Crippen LogP contribution < -0.4 is 10.5 Å². The summed E-state index contributed by atoms with van der Waals surface area (Å²) in [6, 6.07) is 13.8. The first-order valence-corrected chi connectivity index (χ1v) is 6.23. The summed E-state index contributed by atoms with van der Waals surface area (Å²) in [5.41, 5.74) is 7.11. The average Bonchev–Trinajstić information content (AvgIpc) is 2.45. The highest BCUT2D eigenvalue weighted by Crippen LogP contribution is 2.10. The minimum atomic E-state index is -0.0318. The van der Waals surface area contributed by atoms with Crippen molar-refractivity contribution in [2.45, 2.75) is 12.8 Å². The Kier molecular flexibility index (Phi) is 4.50. The van der Waals surface area contributed by atoms with Gasteiger partial charge in [0.25, 0.3) is 0 Å². The molecule has 3 N–H and O–H groups in total. The highest BCUT2D eigenvalue weighted by atomic mass is 16.5. The number of rotatable bonds is 6. The third-order valence-corrected chi connectivity index (χ3v) is 2.73. The van der Waals surface area contributed by atoms with Gasteiger partial charge in [0.15, 0.2) is 0 Å². The zero-order valence-corrected chi connectivity index (χ0v) is 10.7. The number of nitrogens with two attached hydrogens (primary N) is 1. The van der Waals surface area contributed by atoms with Gasteiger partial charge in [-0.2, -0.15) is 0 Å². The van der Waals surface area contributed by atoms with E-state index in [1.807, 2.05) is 18.2 Å². The predicted octanol–water partition coefficient (Wildman–Crippen LogP) is 2.38. The first-order valence-electron chi connectivity index (χ1n) is 6.23. The summed E-state index contributed by atoms with van der Waals surface area (Å²) >= 11 is 0. The molecule has 0 aliphatic rings. The van der Waals surface area contributed by atoms with Gasteiger partial charge >= 0.3 is 0 Å². The van der Waals surface area contributed by atoms with Crippen molar-refractivity contribution < 1.29 is 4.74 Å². The molecule has 0 unspecified atom stereocenters. The fourth-order valence-corrected chi connectivity index (χ4v) is 1.74. The molecule has 1 heterocycles. The minimum absolute atomic E-state index is 0.0318. The Morgan fingerprint density at radius 3 is 2.58 bits per heavy atom. The van der Waals surface area contributed by atoms with Crippen LogP contribution in [0.5, 0.6) is 5.75 Å². The van der Waals surface area contributed by atoms with E-state index in [1.165, 1.54) is 5.56 Å². The van der Waals surface area contributed by atoms with E-state index in [4.69, 9.17) is 15.9 Å². The summed E-state index contributed by atoms with van der Waals surface area (Å²) in [7, 11) is 0. The Balaban J connectivity index is 1.75. The van der Waals surface area contributed by atoms with Gasteiger partial charge in [0, 0.05) is 0 Å². The van der Waals surface area contributed by atoms with Crippen LogP contribution in [0.3, 0.4) is 0 Å². The lowest BCUT2D eigenvalue weighted by Gasteiger charge is -2.06. The van der Waals surface area contributed by atoms with Crippen molar-refractivity contribution in [3.05, 3.63) is 59.9 Å². The standard InChI is InChI=1S/C15H17N3O/c16-15(17)14-9-8-13(11-18-14)19-10-4-7-12-5-2-1-3-6-12/h1-3,5-6,8-9,11H,4,7,10H2,(H3,16,17). The fourth-order valence-electron chi connectivity index (χ4n) is 1.74. The molecule has 4 nitrogen and oxygen atoms in total. The van der Waals surface area contributed by atoms with E-state index in [2.05, 4.69) is 17.1 Å². The Morgan fingerprint density at radius 2 is 1.95 bits per heavy atom. The number of nitrogen functional groups attached to an aromatic ring is 1. The SMILES string of the molecule is N=C(N)c1ccc(OCCCc2ccccc2)cn1. The molecule has 0 atom stereocenters. The van der Waals surface area contributed by atoms with Gasteiger partial charge in [-0.05, 0) is 30.5 Å². The van der Waals surface area contributed by atoms with Crippen LogP contribution in [0.1, 0.15) is 17.7 Å². The molecule has 0 bridgehead atoms. The molecule has 0 saturated carbocycles. The summed E-state index contributed by atoms with van der Waals surface area (Å²) in [6.07, 6.45) is 3.55. The van der Waals surface area contributed by atoms with Crippen molar-refractivity contribution >= 4 is 5.84 Å². The largest absolute Gasteiger partial charge is 0.492 e. The van der Waals surface area contributed by atoms with Crippen LogP contribution in [0.15, 0.2) is 48.7 Å². The number of hydrogen-bond acceptors (Lipinski definition) is 3. The third-order valence-electron chi connectivity index (χ3n) is 2.73. The summed E-state index contributed by atoms with van der Waals surface area (Å²) in [6.45, 7) is 0.649. The number of nitrogens with zero attached hydrogens (tertiary/aromatic N) is 1. The van der Waals surface area contributed by atoms with Crippen molar-refractivity contribution in [3.63, 3.8) is 0 Å². The summed E-state index contributed by atoms with van der Waals surface area (Å²) in [4.78, 5) is 4.04. The monoisotopic (exact) mass is 255 g/mol. The summed E-state index contributed by atoms with van der Waals surface area (Å²) in [5.74, 6) is 0.675. The first-order chi connectivity index (χ1) is 9.25. The quantitative estimate of drug-likeness (QED) is 0.473. The zero-order chi connectivity index (χ0) is 13.5. The van der Waals surface area contributed by atoms with E-state index in [0.29, 0.717) is 18.1 Å². The second kappa shape index (κ2) is 6.54. The fraction of sp³-hybridized carbons (Fsp3) is 0.200. The van der Waals surface area contributed by atoms with Gasteiger partial charge < -0.3 is 10.5 Å². The Labute approximate surface area is 112 Å². The summed E-state index contributed by atoms with van der Waals surface area (Å²) in [5, 5.41) is 7.24. The maximum atomic E-state index is 7.24. The van der Waals surface area contributed by atoms with Gasteiger partial charge in [0.1, 0.15) is 17.3 Å². The van der Waals surface area contributed by atoms with Crippen LogP contribution in [0, 0.1) is 5.41 Å². The van der Waals surface area contributed by atoms with Crippen molar-refractivity contribution in [2.75, 3.05) is 6.61 Å². The molecule has 0 spiro atoms. The molecule has 2 rings (SSSR count). The van der Waals surface area contributed by atoms with Gasteiger partial charge in [0.05, 0.1) is 12.8 Å². The molecule has 0 aliphatic heterocycles. The molecule has 98 valence electrons. The van der Waals surface area contributed by atoms with Gasteiger partial charge in [-0.25, -0.2) is 4.98 Å². The van der Waals surface area contributed by atoms with Crippen molar-refractivity contribution in [3.8, 4) is 5.75 Å². The molecule has 0 amide bonds. The van der Waals surface area contributed by atoms with E-state index in [0.717, 1.165) is 12.8 Å². The van der Waals surface area contributed by atoms with Crippen LogP contribution in [0.2, 0.25) is 0 Å². The number of aryl methyl sites for hydroxylation is 1. The Morgan fingerprint density at radius 1 is 1.16 bits per heavy atom. The normalized spacial score (nSPS) is 10.1. The molecular weight excluding hydrogens is 238 g/mol. The van der Waals surface area contributed by atoms with Crippen molar-refractivity contribution in [1.82, 2.24) is 4.98 Å². The number of ether oxygens (including phenoxy) is 1. The minimum Gasteiger partial charge on any atom is -0.492 e. The lowest BCUT2D eigenvalue weighted by atomic mass is 10.1. The average molecular weight is 255 g/mol. The third kappa shape index (κ3) is 4.10. The van der Waals surface area contributed by atoms with Crippen molar-refractivity contribution in [1.29, 1.82) is 5.41 Å². The van der Waals surface area contributed by atoms with Crippen LogP contribution in [0.4, 0.5) is 0 Å². The molecule has 19 heavy (non-hydrogen) atoms. The topological polar surface area (TPSA) is 72.0 Å². The molecule has 4 heteroatoms. The lowest BCUT2D eigenvalue weighted by Crippen LogP contribution is -2.12. The number of aromatic nitrogens is 1.